The molecule has 6 rings (SSSR count). The summed E-state index contributed by atoms with van der Waals surface area (Å²) in [6, 6.07) is 9.59. The van der Waals surface area contributed by atoms with Crippen LogP contribution in [-0.4, -0.2) is 56.5 Å². The smallest absolute Gasteiger partial charge is 0.303 e. The predicted octanol–water partition coefficient (Wildman–Crippen LogP) is 5.38. The third-order valence-corrected chi connectivity index (χ3v) is 9.99. The molecule has 0 amide bonds. The molecule has 2 aromatic rings. The minimum atomic E-state index is -0.943. The predicted molar refractivity (Wildman–Crippen MR) is 151 cm³/mol. The molecule has 2 saturated carbocycles. The highest BCUT2D eigenvalue weighted by molar-refractivity contribution is 6.00. The second-order valence-corrected chi connectivity index (χ2v) is 12.7. The van der Waals surface area contributed by atoms with E-state index in [2.05, 4.69) is 22.0 Å². The summed E-state index contributed by atoms with van der Waals surface area (Å²) in [7, 11) is 1.41. The number of piperidine rings is 2. The van der Waals surface area contributed by atoms with Crippen molar-refractivity contribution in [3.05, 3.63) is 40.3 Å². The van der Waals surface area contributed by atoms with E-state index < -0.39 is 5.97 Å². The standard InChI is InChI=1S/C31H42N4O4/c1-19-12-20-14-21(13-19)16-24(15-20)34-22-6-5-7-23(34)18-25(17-22)35-28-9-4-3-8-26(28)32-30(31(35)38)27(33-39-2)10-11-29(36)37/h3-4,8-9,19-25H,5-7,10-18H2,1-2H3,(H,36,37)/b33-27-/t19?,20?,21?,22-,23?,24?,25?/m1/s1. The van der Waals surface area contributed by atoms with Crippen molar-refractivity contribution in [2.75, 3.05) is 7.11 Å². The van der Waals surface area contributed by atoms with E-state index in [0.29, 0.717) is 23.8 Å². The minimum Gasteiger partial charge on any atom is -0.481 e. The molecular formula is C31H42N4O4. The van der Waals surface area contributed by atoms with Gasteiger partial charge in [-0.15, -0.1) is 0 Å². The zero-order valence-corrected chi connectivity index (χ0v) is 23.3. The highest BCUT2D eigenvalue weighted by atomic mass is 16.6. The maximum Gasteiger partial charge on any atom is 0.303 e. The Kier molecular flexibility index (Phi) is 7.49. The summed E-state index contributed by atoms with van der Waals surface area (Å²) in [4.78, 5) is 38.0. The molecule has 8 nitrogen and oxygen atoms in total. The number of hydrogen-bond donors (Lipinski definition) is 1. The normalized spacial score (nSPS) is 33.2. The van der Waals surface area contributed by atoms with E-state index in [9.17, 15) is 14.7 Å². The molecule has 8 heteroatoms. The van der Waals surface area contributed by atoms with Crippen molar-refractivity contribution < 1.29 is 14.7 Å². The first-order chi connectivity index (χ1) is 18.9. The van der Waals surface area contributed by atoms with Gasteiger partial charge >= 0.3 is 5.97 Å². The van der Waals surface area contributed by atoms with E-state index in [0.717, 1.165) is 41.6 Å². The van der Waals surface area contributed by atoms with Crippen LogP contribution >= 0.6 is 0 Å². The Morgan fingerprint density at radius 2 is 1.67 bits per heavy atom. The molecule has 39 heavy (non-hydrogen) atoms. The van der Waals surface area contributed by atoms with Crippen LogP contribution in [0, 0.1) is 17.8 Å². The molecular weight excluding hydrogens is 492 g/mol. The van der Waals surface area contributed by atoms with Crippen molar-refractivity contribution >= 4 is 22.7 Å². The van der Waals surface area contributed by atoms with Crippen LogP contribution in [0.5, 0.6) is 0 Å². The summed E-state index contributed by atoms with van der Waals surface area (Å²) in [5.74, 6) is 1.70. The number of oxime groups is 1. The van der Waals surface area contributed by atoms with Crippen LogP contribution in [0.2, 0.25) is 0 Å². The van der Waals surface area contributed by atoms with Crippen molar-refractivity contribution in [1.82, 2.24) is 14.5 Å². The van der Waals surface area contributed by atoms with E-state index in [-0.39, 0.29) is 30.1 Å². The van der Waals surface area contributed by atoms with Gasteiger partial charge in [0.05, 0.1) is 17.5 Å². The Balaban J connectivity index is 1.33. The molecule has 210 valence electrons. The lowest BCUT2D eigenvalue weighted by molar-refractivity contribution is -0.136. The summed E-state index contributed by atoms with van der Waals surface area (Å²) < 4.78 is 1.96. The van der Waals surface area contributed by atoms with Crippen molar-refractivity contribution in [2.45, 2.75) is 108 Å². The quantitative estimate of drug-likeness (QED) is 0.378. The third-order valence-electron chi connectivity index (χ3n) is 9.99. The second kappa shape index (κ2) is 11.0. The van der Waals surface area contributed by atoms with Gasteiger partial charge in [-0.2, -0.15) is 0 Å². The molecule has 4 unspecified atom stereocenters. The maximum atomic E-state index is 14.1. The molecule has 4 bridgehead atoms. The van der Waals surface area contributed by atoms with Crippen molar-refractivity contribution in [1.29, 1.82) is 0 Å². The van der Waals surface area contributed by atoms with Crippen molar-refractivity contribution in [3.8, 4) is 0 Å². The largest absolute Gasteiger partial charge is 0.481 e. The van der Waals surface area contributed by atoms with Gasteiger partial charge in [0.25, 0.3) is 5.56 Å². The summed E-state index contributed by atoms with van der Waals surface area (Å²) in [6.45, 7) is 2.44. The number of aromatic nitrogens is 2. The highest BCUT2D eigenvalue weighted by Crippen LogP contribution is 2.48. The lowest BCUT2D eigenvalue weighted by Gasteiger charge is -2.55. The Bertz CT molecular complexity index is 1270. The minimum absolute atomic E-state index is 0.0853. The van der Waals surface area contributed by atoms with Crippen LogP contribution in [0.4, 0.5) is 0 Å². The number of rotatable bonds is 7. The Morgan fingerprint density at radius 1 is 0.974 bits per heavy atom. The molecule has 4 aliphatic rings. The molecule has 2 aliphatic carbocycles. The van der Waals surface area contributed by atoms with Gasteiger partial charge in [-0.1, -0.05) is 30.6 Å². The molecule has 4 fully saturated rings. The van der Waals surface area contributed by atoms with Gasteiger partial charge in [-0.3, -0.25) is 14.5 Å². The molecule has 2 aliphatic heterocycles. The number of nitrogens with zero attached hydrogens (tertiary/aromatic N) is 4. The maximum absolute atomic E-state index is 14.1. The van der Waals surface area contributed by atoms with Crippen LogP contribution in [-0.2, 0) is 9.63 Å². The lowest BCUT2D eigenvalue weighted by atomic mass is 9.65. The van der Waals surface area contributed by atoms with Gasteiger partial charge in [0, 0.05) is 30.6 Å². The summed E-state index contributed by atoms with van der Waals surface area (Å²) in [5.41, 5.74) is 1.89. The van der Waals surface area contributed by atoms with Gasteiger partial charge in [-0.25, -0.2) is 4.98 Å². The van der Waals surface area contributed by atoms with Crippen molar-refractivity contribution in [2.24, 2.45) is 22.9 Å². The van der Waals surface area contributed by atoms with E-state index in [1.807, 2.05) is 28.8 Å². The van der Waals surface area contributed by atoms with Crippen LogP contribution in [0.1, 0.15) is 95.7 Å². The molecule has 1 aromatic heterocycles. The number of carbonyl (C=O) groups is 1. The number of para-hydroxylation sites is 2. The fraction of sp³-hybridized carbons (Fsp3) is 0.677. The van der Waals surface area contributed by atoms with Crippen LogP contribution < -0.4 is 5.56 Å². The Hall–Kier alpha value is -2.74. The fourth-order valence-corrected chi connectivity index (χ4v) is 8.84. The summed E-state index contributed by atoms with van der Waals surface area (Å²) in [6.07, 6.45) is 12.5. The number of fused-ring (bicyclic) bond motifs is 5. The van der Waals surface area contributed by atoms with Gasteiger partial charge in [0.1, 0.15) is 12.8 Å². The number of aliphatic carboxylic acids is 1. The number of carboxylic acid groups (broad SMARTS) is 1. The van der Waals surface area contributed by atoms with E-state index in [1.165, 1.54) is 58.5 Å². The molecule has 5 atom stereocenters. The molecule has 1 aromatic carbocycles. The average Bonchev–Trinajstić information content (AvgIpc) is 2.89. The molecule has 1 N–H and O–H groups in total. The molecule has 0 radical (unpaired) electrons. The second-order valence-electron chi connectivity index (χ2n) is 12.7. The van der Waals surface area contributed by atoms with E-state index >= 15 is 0 Å². The Morgan fingerprint density at radius 3 is 2.33 bits per heavy atom. The van der Waals surface area contributed by atoms with E-state index in [4.69, 9.17) is 4.84 Å². The third kappa shape index (κ3) is 5.24. The van der Waals surface area contributed by atoms with Gasteiger partial charge < -0.3 is 14.5 Å². The molecule has 0 spiro atoms. The van der Waals surface area contributed by atoms with E-state index in [1.54, 1.807) is 0 Å². The first kappa shape index (κ1) is 26.5. The van der Waals surface area contributed by atoms with Crippen molar-refractivity contribution in [3.63, 3.8) is 0 Å². The SMILES string of the molecule is CO/N=C(/CCC(=O)O)c1nc2ccccc2n(C2CC3CCC[C@H](C2)N3C2CC3CC(C)CC(C3)C2)c1=O. The van der Waals surface area contributed by atoms with Crippen LogP contribution in [0.3, 0.4) is 0 Å². The summed E-state index contributed by atoms with van der Waals surface area (Å²) in [5, 5.41) is 13.3. The monoisotopic (exact) mass is 534 g/mol. The lowest BCUT2D eigenvalue weighted by Crippen LogP contribution is -2.59. The zero-order chi connectivity index (χ0) is 27.1. The first-order valence-corrected chi connectivity index (χ1v) is 15.0. The highest BCUT2D eigenvalue weighted by Gasteiger charge is 2.46. The number of hydrogen-bond acceptors (Lipinski definition) is 6. The molecule has 2 saturated heterocycles. The first-order valence-electron chi connectivity index (χ1n) is 15.0. The van der Waals surface area contributed by atoms with Gasteiger partial charge in [0.2, 0.25) is 0 Å². The average molecular weight is 535 g/mol. The fourth-order valence-electron chi connectivity index (χ4n) is 8.84. The molecule has 3 heterocycles. The van der Waals surface area contributed by atoms with Crippen LogP contribution in [0.15, 0.2) is 34.2 Å². The zero-order valence-electron chi connectivity index (χ0n) is 23.3. The summed E-state index contributed by atoms with van der Waals surface area (Å²) >= 11 is 0. The Labute approximate surface area is 230 Å². The number of benzene rings is 1. The van der Waals surface area contributed by atoms with Gasteiger partial charge in [0.15, 0.2) is 5.69 Å². The topological polar surface area (TPSA) is 97.0 Å². The van der Waals surface area contributed by atoms with Crippen LogP contribution in [0.25, 0.3) is 11.0 Å². The van der Waals surface area contributed by atoms with Gasteiger partial charge in [-0.05, 0) is 87.7 Å². The number of carboxylic acids is 1.